The second-order valence-electron chi connectivity index (χ2n) is 4.01. The summed E-state index contributed by atoms with van der Waals surface area (Å²) in [6.45, 7) is 2.00. The summed E-state index contributed by atoms with van der Waals surface area (Å²) in [6, 6.07) is 5.75. The lowest BCUT2D eigenvalue weighted by Gasteiger charge is -2.21. The average Bonchev–Trinajstić information content (AvgIpc) is 2.71. The van der Waals surface area contributed by atoms with Gasteiger partial charge in [0.25, 0.3) is 0 Å². The molecule has 1 aromatic heterocycles. The van der Waals surface area contributed by atoms with E-state index in [0.29, 0.717) is 5.92 Å². The highest BCUT2D eigenvalue weighted by Gasteiger charge is 2.24. The van der Waals surface area contributed by atoms with Crippen molar-refractivity contribution < 1.29 is 13.9 Å². The topological polar surface area (TPSA) is 52.3 Å². The standard InChI is InChI=1S/C12H13NO2.CH2O/c1-14-9-5-6-10-11(7-9)15-12(13-10)8-3-2-4-8;1-2/h5-8H,2-4H2,1H3;1H2. The van der Waals surface area contributed by atoms with Crippen LogP contribution in [-0.2, 0) is 4.79 Å². The van der Waals surface area contributed by atoms with Gasteiger partial charge in [-0.15, -0.1) is 0 Å². The zero-order chi connectivity index (χ0) is 12.3. The molecule has 1 fully saturated rings. The number of carbonyl (C=O) groups excluding carboxylic acids is 1. The lowest BCUT2D eigenvalue weighted by atomic mass is 9.85. The quantitative estimate of drug-likeness (QED) is 0.800. The third-order valence-corrected chi connectivity index (χ3v) is 3.07. The van der Waals surface area contributed by atoms with Crippen molar-refractivity contribution in [1.29, 1.82) is 0 Å². The summed E-state index contributed by atoms with van der Waals surface area (Å²) in [4.78, 5) is 12.5. The van der Waals surface area contributed by atoms with Gasteiger partial charge in [-0.1, -0.05) is 6.42 Å². The largest absolute Gasteiger partial charge is 0.497 e. The van der Waals surface area contributed by atoms with Crippen LogP contribution in [-0.4, -0.2) is 18.9 Å². The minimum absolute atomic E-state index is 0.545. The van der Waals surface area contributed by atoms with Gasteiger partial charge in [0.15, 0.2) is 11.5 Å². The van der Waals surface area contributed by atoms with Gasteiger partial charge in [0.1, 0.15) is 18.1 Å². The average molecular weight is 233 g/mol. The Balaban J connectivity index is 0.000000514. The Hall–Kier alpha value is -1.84. The van der Waals surface area contributed by atoms with Crippen molar-refractivity contribution in [2.24, 2.45) is 0 Å². The van der Waals surface area contributed by atoms with Crippen LogP contribution in [0.5, 0.6) is 5.75 Å². The molecule has 0 unspecified atom stereocenters. The molecule has 0 saturated heterocycles. The van der Waals surface area contributed by atoms with E-state index in [-0.39, 0.29) is 0 Å². The summed E-state index contributed by atoms with van der Waals surface area (Å²) >= 11 is 0. The second kappa shape index (κ2) is 4.99. The second-order valence-corrected chi connectivity index (χ2v) is 4.01. The molecule has 1 aliphatic carbocycles. The molecule has 1 aromatic carbocycles. The highest BCUT2D eigenvalue weighted by molar-refractivity contribution is 5.74. The molecule has 0 amide bonds. The van der Waals surface area contributed by atoms with Crippen LogP contribution in [0.15, 0.2) is 22.6 Å². The molecular formula is C13H15NO3. The van der Waals surface area contributed by atoms with Crippen LogP contribution in [0.1, 0.15) is 31.1 Å². The third kappa shape index (κ3) is 2.16. The van der Waals surface area contributed by atoms with Gasteiger partial charge in [0, 0.05) is 12.0 Å². The van der Waals surface area contributed by atoms with Gasteiger partial charge >= 0.3 is 0 Å². The molecule has 2 aromatic rings. The van der Waals surface area contributed by atoms with E-state index in [1.807, 2.05) is 25.0 Å². The Morgan fingerprint density at radius 2 is 2.18 bits per heavy atom. The molecule has 4 nitrogen and oxygen atoms in total. The molecule has 0 radical (unpaired) electrons. The van der Waals surface area contributed by atoms with Gasteiger partial charge in [-0.25, -0.2) is 4.98 Å². The molecule has 0 atom stereocenters. The van der Waals surface area contributed by atoms with E-state index in [0.717, 1.165) is 22.7 Å². The van der Waals surface area contributed by atoms with Crippen molar-refractivity contribution in [1.82, 2.24) is 4.98 Å². The minimum atomic E-state index is 0.545. The zero-order valence-corrected chi connectivity index (χ0v) is 9.81. The van der Waals surface area contributed by atoms with Crippen LogP contribution in [0.2, 0.25) is 0 Å². The number of benzene rings is 1. The fourth-order valence-corrected chi connectivity index (χ4v) is 1.88. The molecule has 0 aliphatic heterocycles. The van der Waals surface area contributed by atoms with E-state index in [2.05, 4.69) is 4.98 Å². The Labute approximate surface area is 99.6 Å². The zero-order valence-electron chi connectivity index (χ0n) is 9.81. The minimum Gasteiger partial charge on any atom is -0.497 e. The van der Waals surface area contributed by atoms with Gasteiger partial charge in [0.05, 0.1) is 7.11 Å². The summed E-state index contributed by atoms with van der Waals surface area (Å²) < 4.78 is 10.9. The normalized spacial score (nSPS) is 14.9. The third-order valence-electron chi connectivity index (χ3n) is 3.07. The number of methoxy groups -OCH3 is 1. The monoisotopic (exact) mass is 233 g/mol. The molecule has 1 heterocycles. The van der Waals surface area contributed by atoms with Crippen LogP contribution < -0.4 is 4.74 Å². The Morgan fingerprint density at radius 3 is 2.76 bits per heavy atom. The van der Waals surface area contributed by atoms with Crippen molar-refractivity contribution >= 4 is 17.9 Å². The SMILES string of the molecule is C=O.COc1ccc2nc(C3CCC3)oc2c1. The molecule has 4 heteroatoms. The highest BCUT2D eigenvalue weighted by Crippen LogP contribution is 2.37. The maximum atomic E-state index is 8.00. The number of carbonyl (C=O) groups is 1. The number of ether oxygens (including phenoxy) is 1. The number of hydrogen-bond donors (Lipinski definition) is 0. The Bertz CT molecular complexity index is 502. The van der Waals surface area contributed by atoms with Crippen molar-refractivity contribution in [3.05, 3.63) is 24.1 Å². The fourth-order valence-electron chi connectivity index (χ4n) is 1.88. The first kappa shape index (κ1) is 11.6. The highest BCUT2D eigenvalue weighted by atomic mass is 16.5. The van der Waals surface area contributed by atoms with Gasteiger partial charge in [-0.3, -0.25) is 0 Å². The first-order valence-electron chi connectivity index (χ1n) is 5.60. The number of fused-ring (bicyclic) bond motifs is 1. The molecule has 1 saturated carbocycles. The number of aromatic nitrogens is 1. The maximum absolute atomic E-state index is 8.00. The van der Waals surface area contributed by atoms with Crippen LogP contribution in [0.25, 0.3) is 11.1 Å². The molecule has 17 heavy (non-hydrogen) atoms. The predicted octanol–water partition coefficient (Wildman–Crippen LogP) is 2.92. The number of nitrogens with zero attached hydrogens (tertiary/aromatic N) is 1. The smallest absolute Gasteiger partial charge is 0.198 e. The summed E-state index contributed by atoms with van der Waals surface area (Å²) in [6.07, 6.45) is 3.72. The number of hydrogen-bond acceptors (Lipinski definition) is 4. The number of oxazole rings is 1. The predicted molar refractivity (Wildman–Crippen MR) is 64.3 cm³/mol. The van der Waals surface area contributed by atoms with Crippen LogP contribution in [0.4, 0.5) is 0 Å². The van der Waals surface area contributed by atoms with E-state index in [4.69, 9.17) is 13.9 Å². The molecule has 0 bridgehead atoms. The lowest BCUT2D eigenvalue weighted by molar-refractivity contribution is -0.0979. The van der Waals surface area contributed by atoms with E-state index in [9.17, 15) is 0 Å². The van der Waals surface area contributed by atoms with E-state index in [1.165, 1.54) is 19.3 Å². The summed E-state index contributed by atoms with van der Waals surface area (Å²) in [5.74, 6) is 2.26. The molecule has 0 N–H and O–H groups in total. The van der Waals surface area contributed by atoms with Crippen LogP contribution in [0, 0.1) is 0 Å². The van der Waals surface area contributed by atoms with Crippen molar-refractivity contribution in [2.75, 3.05) is 7.11 Å². The molecule has 1 aliphatic rings. The van der Waals surface area contributed by atoms with Crippen molar-refractivity contribution in [3.63, 3.8) is 0 Å². The lowest BCUT2D eigenvalue weighted by Crippen LogP contribution is -2.08. The first-order valence-corrected chi connectivity index (χ1v) is 5.60. The Kier molecular flexibility index (Phi) is 3.42. The van der Waals surface area contributed by atoms with Crippen LogP contribution >= 0.6 is 0 Å². The van der Waals surface area contributed by atoms with Crippen LogP contribution in [0.3, 0.4) is 0 Å². The Morgan fingerprint density at radius 1 is 1.41 bits per heavy atom. The molecule has 0 spiro atoms. The summed E-state index contributed by atoms with van der Waals surface area (Å²) in [5.41, 5.74) is 1.76. The molecule has 90 valence electrons. The fraction of sp³-hybridized carbons (Fsp3) is 0.385. The summed E-state index contributed by atoms with van der Waals surface area (Å²) in [7, 11) is 1.66. The maximum Gasteiger partial charge on any atom is 0.198 e. The van der Waals surface area contributed by atoms with E-state index < -0.39 is 0 Å². The van der Waals surface area contributed by atoms with Crippen molar-refractivity contribution in [3.8, 4) is 5.75 Å². The number of rotatable bonds is 2. The van der Waals surface area contributed by atoms with Gasteiger partial charge in [0.2, 0.25) is 0 Å². The van der Waals surface area contributed by atoms with Gasteiger partial charge < -0.3 is 13.9 Å². The van der Waals surface area contributed by atoms with E-state index >= 15 is 0 Å². The van der Waals surface area contributed by atoms with Gasteiger partial charge in [-0.05, 0) is 25.0 Å². The summed E-state index contributed by atoms with van der Waals surface area (Å²) in [5, 5.41) is 0. The first-order chi connectivity index (χ1) is 8.36. The molecular weight excluding hydrogens is 218 g/mol. The van der Waals surface area contributed by atoms with Crippen molar-refractivity contribution in [2.45, 2.75) is 25.2 Å². The van der Waals surface area contributed by atoms with E-state index in [1.54, 1.807) is 7.11 Å². The van der Waals surface area contributed by atoms with Gasteiger partial charge in [-0.2, -0.15) is 0 Å². The molecule has 3 rings (SSSR count).